The van der Waals surface area contributed by atoms with Crippen LogP contribution >= 0.6 is 0 Å². The zero-order valence-electron chi connectivity index (χ0n) is 9.62. The van der Waals surface area contributed by atoms with E-state index in [1.54, 1.807) is 12.1 Å². The molecule has 1 heterocycles. The molecule has 0 aliphatic carbocycles. The number of nitrogens with one attached hydrogen (secondary N) is 2. The maximum Gasteiger partial charge on any atom is 0.263 e. The van der Waals surface area contributed by atoms with Gasteiger partial charge in [-0.1, -0.05) is 6.07 Å². The Morgan fingerprint density at radius 1 is 1.21 bits per heavy atom. The van der Waals surface area contributed by atoms with Gasteiger partial charge in [-0.3, -0.25) is 9.52 Å². The average Bonchev–Trinajstić information content (AvgIpc) is 2.39. The number of hydrogen-bond acceptors (Lipinski definition) is 4. The molecule has 0 saturated carbocycles. The lowest BCUT2D eigenvalue weighted by Crippen LogP contribution is -2.15. The van der Waals surface area contributed by atoms with Crippen molar-refractivity contribution in [1.29, 1.82) is 5.26 Å². The number of sulfonamides is 1. The van der Waals surface area contributed by atoms with Gasteiger partial charge >= 0.3 is 0 Å². The third-order valence-electron chi connectivity index (χ3n) is 2.31. The van der Waals surface area contributed by atoms with Crippen LogP contribution in [0.15, 0.2) is 52.3 Å². The van der Waals surface area contributed by atoms with Crippen LogP contribution in [0.3, 0.4) is 0 Å². The van der Waals surface area contributed by atoms with Gasteiger partial charge in [0.25, 0.3) is 10.0 Å². The normalized spacial score (nSPS) is 10.7. The van der Waals surface area contributed by atoms with Crippen molar-refractivity contribution < 1.29 is 8.42 Å². The molecule has 0 amide bonds. The standard InChI is InChI=1S/C12H9N3O3S/c13-7-9-2-1-3-10(6-9)15-19(17,18)11-4-5-12(16)14-8-11/h1-6,8,15H,(H,14,16). The van der Waals surface area contributed by atoms with Gasteiger partial charge < -0.3 is 4.98 Å². The number of hydrogen-bond donors (Lipinski definition) is 2. The third kappa shape index (κ3) is 3.00. The van der Waals surface area contributed by atoms with E-state index >= 15 is 0 Å². The molecule has 2 N–H and O–H groups in total. The summed E-state index contributed by atoms with van der Waals surface area (Å²) in [4.78, 5) is 13.1. The Labute approximate surface area is 109 Å². The molecule has 2 aromatic rings. The predicted octanol–water partition coefficient (Wildman–Crippen LogP) is 1.05. The Morgan fingerprint density at radius 3 is 2.63 bits per heavy atom. The van der Waals surface area contributed by atoms with Crippen LogP contribution in [0.5, 0.6) is 0 Å². The molecule has 0 radical (unpaired) electrons. The maximum atomic E-state index is 12.0. The fraction of sp³-hybridized carbons (Fsp3) is 0. The van der Waals surface area contributed by atoms with Crippen LogP contribution in [-0.4, -0.2) is 13.4 Å². The van der Waals surface area contributed by atoms with Gasteiger partial charge in [0.2, 0.25) is 5.56 Å². The Bertz CT molecular complexity index is 783. The van der Waals surface area contributed by atoms with Gasteiger partial charge in [0.05, 0.1) is 17.3 Å². The summed E-state index contributed by atoms with van der Waals surface area (Å²) >= 11 is 0. The average molecular weight is 275 g/mol. The number of nitriles is 1. The van der Waals surface area contributed by atoms with Crippen molar-refractivity contribution in [2.75, 3.05) is 4.72 Å². The van der Waals surface area contributed by atoms with Crippen molar-refractivity contribution in [2.24, 2.45) is 0 Å². The van der Waals surface area contributed by atoms with E-state index in [-0.39, 0.29) is 16.1 Å². The molecule has 2 rings (SSSR count). The Hall–Kier alpha value is -2.59. The highest BCUT2D eigenvalue weighted by atomic mass is 32.2. The molecule has 0 aliphatic heterocycles. The lowest BCUT2D eigenvalue weighted by Gasteiger charge is -2.07. The fourth-order valence-electron chi connectivity index (χ4n) is 1.43. The molecule has 0 spiro atoms. The van der Waals surface area contributed by atoms with Gasteiger partial charge in [0.15, 0.2) is 0 Å². The van der Waals surface area contributed by atoms with Crippen molar-refractivity contribution in [2.45, 2.75) is 4.90 Å². The van der Waals surface area contributed by atoms with Gasteiger partial charge in [0.1, 0.15) is 4.90 Å². The van der Waals surface area contributed by atoms with Gasteiger partial charge in [-0.2, -0.15) is 5.26 Å². The van der Waals surface area contributed by atoms with Gasteiger partial charge in [-0.15, -0.1) is 0 Å². The van der Waals surface area contributed by atoms with E-state index in [1.165, 1.54) is 18.2 Å². The molecule has 0 aliphatic rings. The van der Waals surface area contributed by atoms with Crippen LogP contribution < -0.4 is 10.3 Å². The first-order valence-corrected chi connectivity index (χ1v) is 6.71. The van der Waals surface area contributed by atoms with E-state index < -0.39 is 10.0 Å². The highest BCUT2D eigenvalue weighted by molar-refractivity contribution is 7.92. The van der Waals surface area contributed by atoms with Crippen molar-refractivity contribution in [1.82, 2.24) is 4.98 Å². The Kier molecular flexibility index (Phi) is 3.35. The lowest BCUT2D eigenvalue weighted by molar-refractivity contribution is 0.600. The molecule has 7 heteroatoms. The van der Waals surface area contributed by atoms with Crippen LogP contribution in [0.25, 0.3) is 0 Å². The second-order valence-corrected chi connectivity index (χ2v) is 5.37. The number of pyridine rings is 1. The summed E-state index contributed by atoms with van der Waals surface area (Å²) in [6.45, 7) is 0. The minimum Gasteiger partial charge on any atom is -0.328 e. The van der Waals surface area contributed by atoms with Crippen LogP contribution in [0.2, 0.25) is 0 Å². The minimum atomic E-state index is -3.78. The van der Waals surface area contributed by atoms with E-state index in [0.717, 1.165) is 12.3 Å². The monoisotopic (exact) mass is 275 g/mol. The van der Waals surface area contributed by atoms with Crippen LogP contribution in [0, 0.1) is 11.3 Å². The predicted molar refractivity (Wildman–Crippen MR) is 69.0 cm³/mol. The van der Waals surface area contributed by atoms with E-state index in [0.29, 0.717) is 5.56 Å². The highest BCUT2D eigenvalue weighted by Gasteiger charge is 2.14. The molecule has 0 saturated heterocycles. The highest BCUT2D eigenvalue weighted by Crippen LogP contribution is 2.15. The fourth-order valence-corrected chi connectivity index (χ4v) is 2.45. The summed E-state index contributed by atoms with van der Waals surface area (Å²) < 4.78 is 26.3. The van der Waals surface area contributed by atoms with Crippen LogP contribution in [-0.2, 0) is 10.0 Å². The van der Waals surface area contributed by atoms with Crippen molar-refractivity contribution in [3.63, 3.8) is 0 Å². The zero-order valence-corrected chi connectivity index (χ0v) is 10.4. The molecule has 6 nitrogen and oxygen atoms in total. The van der Waals surface area contributed by atoms with Crippen molar-refractivity contribution >= 4 is 15.7 Å². The minimum absolute atomic E-state index is 0.0607. The lowest BCUT2D eigenvalue weighted by atomic mass is 10.2. The molecular formula is C12H9N3O3S. The number of rotatable bonds is 3. The molecule has 0 fully saturated rings. The smallest absolute Gasteiger partial charge is 0.263 e. The zero-order chi connectivity index (χ0) is 13.9. The van der Waals surface area contributed by atoms with Crippen LogP contribution in [0.1, 0.15) is 5.56 Å². The van der Waals surface area contributed by atoms with Crippen molar-refractivity contribution in [3.05, 3.63) is 58.5 Å². The molecule has 1 aromatic carbocycles. The molecule has 0 atom stereocenters. The number of H-pyrrole nitrogens is 1. The molecule has 96 valence electrons. The summed E-state index contributed by atoms with van der Waals surface area (Å²) in [6.07, 6.45) is 1.11. The molecule has 0 bridgehead atoms. The topological polar surface area (TPSA) is 103 Å². The third-order valence-corrected chi connectivity index (χ3v) is 3.69. The Balaban J connectivity index is 2.33. The SMILES string of the molecule is N#Cc1cccc(NS(=O)(=O)c2ccc(=O)[nH]c2)c1. The summed E-state index contributed by atoms with van der Waals surface area (Å²) in [5, 5.41) is 8.74. The second kappa shape index (κ2) is 4.96. The number of benzene rings is 1. The number of anilines is 1. The largest absolute Gasteiger partial charge is 0.328 e. The number of aromatic nitrogens is 1. The summed E-state index contributed by atoms with van der Waals surface area (Å²) in [7, 11) is -3.78. The molecular weight excluding hydrogens is 266 g/mol. The van der Waals surface area contributed by atoms with E-state index in [1.807, 2.05) is 6.07 Å². The first-order chi connectivity index (χ1) is 9.01. The first-order valence-electron chi connectivity index (χ1n) is 5.23. The number of nitrogens with zero attached hydrogens (tertiary/aromatic N) is 1. The maximum absolute atomic E-state index is 12.0. The van der Waals surface area contributed by atoms with E-state index in [2.05, 4.69) is 9.71 Å². The molecule has 0 unspecified atom stereocenters. The van der Waals surface area contributed by atoms with Gasteiger partial charge in [0, 0.05) is 12.3 Å². The first kappa shape index (κ1) is 12.9. The van der Waals surface area contributed by atoms with Crippen molar-refractivity contribution in [3.8, 4) is 6.07 Å². The summed E-state index contributed by atoms with van der Waals surface area (Å²) in [5.41, 5.74) is 0.248. The quantitative estimate of drug-likeness (QED) is 0.873. The van der Waals surface area contributed by atoms with Crippen LogP contribution in [0.4, 0.5) is 5.69 Å². The summed E-state index contributed by atoms with van der Waals surface area (Å²) in [5.74, 6) is 0. The molecule has 19 heavy (non-hydrogen) atoms. The molecule has 1 aromatic heterocycles. The number of aromatic amines is 1. The van der Waals surface area contributed by atoms with Gasteiger partial charge in [-0.25, -0.2) is 8.42 Å². The van der Waals surface area contributed by atoms with E-state index in [4.69, 9.17) is 5.26 Å². The second-order valence-electron chi connectivity index (χ2n) is 3.69. The summed E-state index contributed by atoms with van der Waals surface area (Å²) in [6, 6.07) is 10.3. The van der Waals surface area contributed by atoms with E-state index in [9.17, 15) is 13.2 Å². The van der Waals surface area contributed by atoms with Gasteiger partial charge in [-0.05, 0) is 24.3 Å². The Morgan fingerprint density at radius 2 is 2.00 bits per heavy atom.